The van der Waals surface area contributed by atoms with E-state index in [9.17, 15) is 18.0 Å². The van der Waals surface area contributed by atoms with Gasteiger partial charge in [0.1, 0.15) is 6.54 Å². The highest BCUT2D eigenvalue weighted by Crippen LogP contribution is 2.17. The van der Waals surface area contributed by atoms with Crippen LogP contribution in [0.1, 0.15) is 15.9 Å². The van der Waals surface area contributed by atoms with Crippen LogP contribution in [0.15, 0.2) is 53.4 Å². The quantitative estimate of drug-likeness (QED) is 0.708. The van der Waals surface area contributed by atoms with Crippen molar-refractivity contribution in [2.24, 2.45) is 0 Å². The van der Waals surface area contributed by atoms with E-state index >= 15 is 0 Å². The summed E-state index contributed by atoms with van der Waals surface area (Å²) in [6.45, 7) is -0.508. The van der Waals surface area contributed by atoms with Gasteiger partial charge in [-0.05, 0) is 48.5 Å². The minimum atomic E-state index is -3.83. The lowest BCUT2D eigenvalue weighted by Gasteiger charge is -2.09. The van der Waals surface area contributed by atoms with Gasteiger partial charge in [0.25, 0.3) is 15.9 Å². The van der Waals surface area contributed by atoms with Crippen LogP contribution in [0.25, 0.3) is 0 Å². The topological polar surface area (TPSA) is 136 Å². The fourth-order valence-corrected chi connectivity index (χ4v) is 2.93. The summed E-state index contributed by atoms with van der Waals surface area (Å²) in [6.07, 6.45) is 0. The maximum absolute atomic E-state index is 12.3. The lowest BCUT2D eigenvalue weighted by molar-refractivity contribution is -0.135. The summed E-state index contributed by atoms with van der Waals surface area (Å²) in [5, 5.41) is 19.4. The Bertz CT molecular complexity index is 929. The van der Waals surface area contributed by atoms with E-state index in [1.807, 2.05) is 6.07 Å². The van der Waals surface area contributed by atoms with Crippen LogP contribution in [0.4, 0.5) is 5.69 Å². The number of carbonyl (C=O) groups is 2. The van der Waals surface area contributed by atoms with Crippen LogP contribution in [0.5, 0.6) is 0 Å². The number of nitriles is 1. The van der Waals surface area contributed by atoms with E-state index in [0.717, 1.165) is 0 Å². The van der Waals surface area contributed by atoms with Gasteiger partial charge in [-0.3, -0.25) is 14.3 Å². The molecule has 0 saturated heterocycles. The Labute approximate surface area is 143 Å². The molecule has 0 spiro atoms. The first-order chi connectivity index (χ1) is 11.8. The number of hydrogen-bond donors (Lipinski definition) is 3. The number of benzene rings is 2. The largest absolute Gasteiger partial charge is 0.480 e. The van der Waals surface area contributed by atoms with Crippen LogP contribution >= 0.6 is 0 Å². The number of hydrogen-bond acceptors (Lipinski definition) is 5. The second kappa shape index (κ2) is 7.46. The summed E-state index contributed by atoms with van der Waals surface area (Å²) >= 11 is 0. The van der Waals surface area contributed by atoms with Crippen LogP contribution in [0, 0.1) is 11.3 Å². The lowest BCUT2D eigenvalue weighted by Crippen LogP contribution is -2.29. The smallest absolute Gasteiger partial charge is 0.322 e. The van der Waals surface area contributed by atoms with Crippen LogP contribution in [0.2, 0.25) is 0 Å². The van der Waals surface area contributed by atoms with Gasteiger partial charge in [0.15, 0.2) is 0 Å². The van der Waals surface area contributed by atoms with Crippen molar-refractivity contribution in [1.82, 2.24) is 5.32 Å². The van der Waals surface area contributed by atoms with E-state index in [1.165, 1.54) is 48.5 Å². The standard InChI is InChI=1S/C16H13N3O5S/c17-9-11-1-7-14(8-2-11)25(23,24)19-13-5-3-12(4-6-13)16(22)18-10-15(20)21/h1-8,19H,10H2,(H,18,22)(H,20,21). The van der Waals surface area contributed by atoms with E-state index in [1.54, 1.807) is 0 Å². The molecule has 0 unspecified atom stereocenters. The molecule has 25 heavy (non-hydrogen) atoms. The Hall–Kier alpha value is -3.38. The van der Waals surface area contributed by atoms with Gasteiger partial charge in [-0.25, -0.2) is 8.42 Å². The van der Waals surface area contributed by atoms with Gasteiger partial charge in [0, 0.05) is 11.3 Å². The van der Waals surface area contributed by atoms with E-state index in [-0.39, 0.29) is 16.1 Å². The van der Waals surface area contributed by atoms with Crippen molar-refractivity contribution >= 4 is 27.6 Å². The van der Waals surface area contributed by atoms with Gasteiger partial charge in [-0.15, -0.1) is 0 Å². The highest BCUT2D eigenvalue weighted by Gasteiger charge is 2.14. The minimum absolute atomic E-state index is 0.00484. The molecule has 9 heteroatoms. The molecular formula is C16H13N3O5S. The number of rotatable bonds is 6. The molecule has 0 radical (unpaired) electrons. The van der Waals surface area contributed by atoms with E-state index in [4.69, 9.17) is 10.4 Å². The summed E-state index contributed by atoms with van der Waals surface area (Å²) in [6, 6.07) is 12.8. The third kappa shape index (κ3) is 4.79. The molecule has 128 valence electrons. The molecule has 0 aliphatic carbocycles. The SMILES string of the molecule is N#Cc1ccc(S(=O)(=O)Nc2ccc(C(=O)NCC(=O)O)cc2)cc1. The van der Waals surface area contributed by atoms with Crippen LogP contribution in [-0.2, 0) is 14.8 Å². The Morgan fingerprint density at radius 1 is 1.04 bits per heavy atom. The van der Waals surface area contributed by atoms with Gasteiger partial charge in [-0.2, -0.15) is 5.26 Å². The first kappa shape index (κ1) is 18.0. The van der Waals surface area contributed by atoms with Crippen molar-refractivity contribution in [3.63, 3.8) is 0 Å². The number of anilines is 1. The molecule has 0 fully saturated rings. The van der Waals surface area contributed by atoms with Crippen molar-refractivity contribution in [3.05, 3.63) is 59.7 Å². The van der Waals surface area contributed by atoms with Crippen LogP contribution in [0.3, 0.4) is 0 Å². The molecule has 2 rings (SSSR count). The normalized spacial score (nSPS) is 10.5. The van der Waals surface area contributed by atoms with Gasteiger partial charge < -0.3 is 10.4 Å². The summed E-state index contributed by atoms with van der Waals surface area (Å²) in [5.41, 5.74) is 0.775. The Morgan fingerprint density at radius 3 is 2.16 bits per heavy atom. The zero-order chi connectivity index (χ0) is 18.4. The average Bonchev–Trinajstić information content (AvgIpc) is 2.60. The predicted molar refractivity (Wildman–Crippen MR) is 88.4 cm³/mol. The minimum Gasteiger partial charge on any atom is -0.480 e. The molecule has 0 heterocycles. The first-order valence-corrected chi connectivity index (χ1v) is 8.43. The predicted octanol–water partition coefficient (Wildman–Crippen LogP) is 1.17. The fraction of sp³-hybridized carbons (Fsp3) is 0.0625. The molecule has 8 nitrogen and oxygen atoms in total. The monoisotopic (exact) mass is 359 g/mol. The van der Waals surface area contributed by atoms with E-state index in [2.05, 4.69) is 10.0 Å². The van der Waals surface area contributed by atoms with Crippen molar-refractivity contribution < 1.29 is 23.1 Å². The maximum Gasteiger partial charge on any atom is 0.322 e. The number of sulfonamides is 1. The number of aliphatic carboxylic acids is 1. The van der Waals surface area contributed by atoms with Crippen molar-refractivity contribution in [1.29, 1.82) is 5.26 Å². The van der Waals surface area contributed by atoms with Crippen molar-refractivity contribution in [2.45, 2.75) is 4.90 Å². The summed E-state index contributed by atoms with van der Waals surface area (Å²) in [4.78, 5) is 22.1. The Balaban J connectivity index is 2.10. The highest BCUT2D eigenvalue weighted by molar-refractivity contribution is 7.92. The molecular weight excluding hydrogens is 346 g/mol. The number of amides is 1. The third-order valence-corrected chi connectivity index (χ3v) is 4.49. The van der Waals surface area contributed by atoms with Crippen molar-refractivity contribution in [3.8, 4) is 6.07 Å². The van der Waals surface area contributed by atoms with Gasteiger partial charge in [0.2, 0.25) is 0 Å². The summed E-state index contributed by atoms with van der Waals surface area (Å²) < 4.78 is 26.9. The number of carboxylic acids is 1. The molecule has 0 aliphatic rings. The fourth-order valence-electron chi connectivity index (χ4n) is 1.87. The number of carbonyl (C=O) groups excluding carboxylic acids is 1. The second-order valence-electron chi connectivity index (χ2n) is 4.90. The van der Waals surface area contributed by atoms with Crippen LogP contribution in [-0.4, -0.2) is 31.9 Å². The lowest BCUT2D eigenvalue weighted by atomic mass is 10.2. The molecule has 0 saturated carbocycles. The first-order valence-electron chi connectivity index (χ1n) is 6.95. The summed E-state index contributed by atoms with van der Waals surface area (Å²) in [7, 11) is -3.83. The molecule has 2 aromatic carbocycles. The number of nitrogens with zero attached hydrogens (tertiary/aromatic N) is 1. The maximum atomic E-state index is 12.3. The molecule has 1 amide bonds. The van der Waals surface area contributed by atoms with Gasteiger partial charge in [0.05, 0.1) is 16.5 Å². The van der Waals surface area contributed by atoms with E-state index < -0.39 is 28.4 Å². The molecule has 0 atom stereocenters. The molecule has 0 aromatic heterocycles. The molecule has 3 N–H and O–H groups in total. The van der Waals surface area contributed by atoms with Crippen molar-refractivity contribution in [2.75, 3.05) is 11.3 Å². The number of nitrogens with one attached hydrogen (secondary N) is 2. The Kier molecular flexibility index (Phi) is 5.36. The van der Waals surface area contributed by atoms with E-state index in [0.29, 0.717) is 5.56 Å². The molecule has 0 bridgehead atoms. The van der Waals surface area contributed by atoms with Gasteiger partial charge in [-0.1, -0.05) is 0 Å². The highest BCUT2D eigenvalue weighted by atomic mass is 32.2. The average molecular weight is 359 g/mol. The Morgan fingerprint density at radius 2 is 1.64 bits per heavy atom. The number of carboxylic acid groups (broad SMARTS) is 1. The molecule has 2 aromatic rings. The summed E-state index contributed by atoms with van der Waals surface area (Å²) in [5.74, 6) is -1.75. The van der Waals surface area contributed by atoms with Crippen LogP contribution < -0.4 is 10.0 Å². The third-order valence-electron chi connectivity index (χ3n) is 3.09. The molecule has 0 aliphatic heterocycles. The zero-order valence-corrected chi connectivity index (χ0v) is 13.6. The second-order valence-corrected chi connectivity index (χ2v) is 6.58. The zero-order valence-electron chi connectivity index (χ0n) is 12.8. The van der Waals surface area contributed by atoms with Gasteiger partial charge >= 0.3 is 5.97 Å².